The number of nitrogens with zero attached hydrogens (tertiary/aromatic N) is 2. The molecule has 2 aromatic heterocycles. The molecular weight excluding hydrogens is 434 g/mol. The third kappa shape index (κ3) is 3.40. The van der Waals surface area contributed by atoms with Gasteiger partial charge in [0.05, 0.1) is 17.1 Å². The van der Waals surface area contributed by atoms with E-state index in [1.807, 2.05) is 22.7 Å². The van der Waals surface area contributed by atoms with Crippen LogP contribution in [0.1, 0.15) is 5.69 Å². The van der Waals surface area contributed by atoms with Gasteiger partial charge in [-0.15, -0.1) is 0 Å². The van der Waals surface area contributed by atoms with Crippen LogP contribution < -0.4 is 4.72 Å². The number of rotatable bonds is 4. The van der Waals surface area contributed by atoms with Crippen molar-refractivity contribution < 1.29 is 8.42 Å². The summed E-state index contributed by atoms with van der Waals surface area (Å²) in [5, 5.41) is 0. The van der Waals surface area contributed by atoms with E-state index in [1.165, 1.54) is 0 Å². The standard InChI is InChI=1S/C14H11Br2N3O2S/c15-10-1-4-13(5-2-10)22(20,21)17-7-12-9-19-8-11(16)3-6-14(19)18-12/h1-6,8-9,17H,7H2. The number of hydrogen-bond donors (Lipinski definition) is 1. The van der Waals surface area contributed by atoms with Gasteiger partial charge in [-0.2, -0.15) is 0 Å². The lowest BCUT2D eigenvalue weighted by Crippen LogP contribution is -2.23. The van der Waals surface area contributed by atoms with Crippen LogP contribution in [0.5, 0.6) is 0 Å². The first kappa shape index (κ1) is 15.7. The van der Waals surface area contributed by atoms with E-state index in [9.17, 15) is 8.42 Å². The van der Waals surface area contributed by atoms with Crippen molar-refractivity contribution in [2.75, 3.05) is 0 Å². The summed E-state index contributed by atoms with van der Waals surface area (Å²) in [6.45, 7) is 0.137. The highest BCUT2D eigenvalue weighted by Crippen LogP contribution is 2.16. The first-order chi connectivity index (χ1) is 10.4. The van der Waals surface area contributed by atoms with E-state index in [1.54, 1.807) is 30.5 Å². The fraction of sp³-hybridized carbons (Fsp3) is 0.0714. The maximum atomic E-state index is 12.2. The van der Waals surface area contributed by atoms with Crippen LogP contribution in [0.3, 0.4) is 0 Å². The molecular formula is C14H11Br2N3O2S. The summed E-state index contributed by atoms with van der Waals surface area (Å²) < 4.78 is 30.6. The molecule has 2 heterocycles. The number of benzene rings is 1. The Morgan fingerprint density at radius 2 is 1.68 bits per heavy atom. The number of nitrogens with one attached hydrogen (secondary N) is 1. The lowest BCUT2D eigenvalue weighted by Gasteiger charge is -2.05. The number of hydrogen-bond acceptors (Lipinski definition) is 3. The predicted molar refractivity (Wildman–Crippen MR) is 91.1 cm³/mol. The van der Waals surface area contributed by atoms with E-state index < -0.39 is 10.0 Å². The highest BCUT2D eigenvalue weighted by Gasteiger charge is 2.14. The number of halogens is 2. The van der Waals surface area contributed by atoms with Crippen molar-refractivity contribution in [3.05, 3.63) is 63.4 Å². The molecule has 0 fully saturated rings. The Bertz CT molecular complexity index is 921. The second-order valence-corrected chi connectivity index (χ2v) is 8.22. The molecule has 0 spiro atoms. The molecule has 0 radical (unpaired) electrons. The van der Waals surface area contributed by atoms with Gasteiger partial charge in [0.15, 0.2) is 0 Å². The molecule has 0 atom stereocenters. The quantitative estimate of drug-likeness (QED) is 0.671. The first-order valence-electron chi connectivity index (χ1n) is 6.32. The number of imidazole rings is 1. The van der Waals surface area contributed by atoms with Crippen molar-refractivity contribution in [3.8, 4) is 0 Å². The van der Waals surface area contributed by atoms with Crippen LogP contribution in [-0.4, -0.2) is 17.8 Å². The molecule has 8 heteroatoms. The average Bonchev–Trinajstić information content (AvgIpc) is 2.88. The van der Waals surface area contributed by atoms with Gasteiger partial charge < -0.3 is 4.40 Å². The second-order valence-electron chi connectivity index (χ2n) is 4.62. The van der Waals surface area contributed by atoms with Crippen LogP contribution in [0, 0.1) is 0 Å². The zero-order valence-corrected chi connectivity index (χ0v) is 15.2. The molecule has 1 N–H and O–H groups in total. The summed E-state index contributed by atoms with van der Waals surface area (Å²) in [5.41, 5.74) is 1.42. The number of pyridine rings is 1. The molecule has 114 valence electrons. The van der Waals surface area contributed by atoms with Crippen LogP contribution in [0.15, 0.2) is 62.6 Å². The maximum absolute atomic E-state index is 12.2. The maximum Gasteiger partial charge on any atom is 0.240 e. The van der Waals surface area contributed by atoms with Crippen molar-refractivity contribution in [1.29, 1.82) is 0 Å². The van der Waals surface area contributed by atoms with Crippen molar-refractivity contribution in [2.24, 2.45) is 0 Å². The Kier molecular flexibility index (Phi) is 4.35. The molecule has 0 saturated carbocycles. The first-order valence-corrected chi connectivity index (χ1v) is 9.39. The van der Waals surface area contributed by atoms with Crippen LogP contribution in [0.25, 0.3) is 5.65 Å². The zero-order chi connectivity index (χ0) is 15.7. The molecule has 0 unspecified atom stereocenters. The van der Waals surface area contributed by atoms with Gasteiger partial charge in [-0.3, -0.25) is 0 Å². The van der Waals surface area contributed by atoms with Crippen molar-refractivity contribution in [1.82, 2.24) is 14.1 Å². The van der Waals surface area contributed by atoms with Gasteiger partial charge in [0.2, 0.25) is 10.0 Å². The largest absolute Gasteiger partial charge is 0.306 e. The highest BCUT2D eigenvalue weighted by atomic mass is 79.9. The lowest BCUT2D eigenvalue weighted by atomic mass is 10.4. The summed E-state index contributed by atoms with van der Waals surface area (Å²) >= 11 is 6.67. The summed E-state index contributed by atoms with van der Waals surface area (Å²) in [6, 6.07) is 10.2. The molecule has 0 bridgehead atoms. The molecule has 0 saturated heterocycles. The van der Waals surface area contributed by atoms with Gasteiger partial charge >= 0.3 is 0 Å². The summed E-state index contributed by atoms with van der Waals surface area (Å²) in [4.78, 5) is 4.60. The summed E-state index contributed by atoms with van der Waals surface area (Å²) in [5.74, 6) is 0. The summed E-state index contributed by atoms with van der Waals surface area (Å²) in [7, 11) is -3.55. The molecule has 5 nitrogen and oxygen atoms in total. The van der Waals surface area contributed by atoms with E-state index in [4.69, 9.17) is 0 Å². The van der Waals surface area contributed by atoms with Crippen LogP contribution >= 0.6 is 31.9 Å². The van der Waals surface area contributed by atoms with Crippen LogP contribution in [-0.2, 0) is 16.6 Å². The van der Waals surface area contributed by atoms with Gasteiger partial charge in [-0.1, -0.05) is 15.9 Å². The van der Waals surface area contributed by atoms with Crippen molar-refractivity contribution in [2.45, 2.75) is 11.4 Å². The third-order valence-electron chi connectivity index (χ3n) is 3.03. The number of aromatic nitrogens is 2. The topological polar surface area (TPSA) is 63.5 Å². The van der Waals surface area contributed by atoms with E-state index >= 15 is 0 Å². The minimum Gasteiger partial charge on any atom is -0.306 e. The third-order valence-corrected chi connectivity index (χ3v) is 5.45. The highest BCUT2D eigenvalue weighted by molar-refractivity contribution is 9.10. The molecule has 0 aliphatic rings. The van der Waals surface area contributed by atoms with Gasteiger partial charge in [-0.05, 0) is 52.3 Å². The Labute approximate surface area is 144 Å². The normalized spacial score (nSPS) is 11.9. The zero-order valence-electron chi connectivity index (χ0n) is 11.2. The minimum absolute atomic E-state index is 0.137. The fourth-order valence-electron chi connectivity index (χ4n) is 1.97. The van der Waals surface area contributed by atoms with Gasteiger partial charge in [0.25, 0.3) is 0 Å². The molecule has 1 aromatic carbocycles. The smallest absolute Gasteiger partial charge is 0.240 e. The predicted octanol–water partition coefficient (Wildman–Crippen LogP) is 3.34. The molecule has 0 aliphatic heterocycles. The number of sulfonamides is 1. The second kappa shape index (κ2) is 6.11. The minimum atomic E-state index is -3.55. The molecule has 0 aliphatic carbocycles. The molecule has 3 rings (SSSR count). The molecule has 22 heavy (non-hydrogen) atoms. The van der Waals surface area contributed by atoms with E-state index in [2.05, 4.69) is 41.6 Å². The monoisotopic (exact) mass is 443 g/mol. The van der Waals surface area contributed by atoms with E-state index in [0.717, 1.165) is 14.6 Å². The van der Waals surface area contributed by atoms with Crippen LogP contribution in [0.4, 0.5) is 0 Å². The van der Waals surface area contributed by atoms with Gasteiger partial charge in [0, 0.05) is 21.3 Å². The number of fused-ring (bicyclic) bond motifs is 1. The Morgan fingerprint density at radius 1 is 1.00 bits per heavy atom. The van der Waals surface area contributed by atoms with Crippen LogP contribution in [0.2, 0.25) is 0 Å². The van der Waals surface area contributed by atoms with E-state index in [-0.39, 0.29) is 11.4 Å². The van der Waals surface area contributed by atoms with E-state index in [0.29, 0.717) is 5.69 Å². The lowest BCUT2D eigenvalue weighted by molar-refractivity contribution is 0.580. The Morgan fingerprint density at radius 3 is 2.41 bits per heavy atom. The molecule has 3 aromatic rings. The molecule has 0 amide bonds. The SMILES string of the molecule is O=S(=O)(NCc1cn2cc(Br)ccc2n1)c1ccc(Br)cc1. The fourth-order valence-corrected chi connectivity index (χ4v) is 3.58. The van der Waals surface area contributed by atoms with Crippen molar-refractivity contribution >= 4 is 47.5 Å². The summed E-state index contributed by atoms with van der Waals surface area (Å²) in [6.07, 6.45) is 3.67. The van der Waals surface area contributed by atoms with Gasteiger partial charge in [-0.25, -0.2) is 18.1 Å². The van der Waals surface area contributed by atoms with Gasteiger partial charge in [0.1, 0.15) is 5.65 Å². The Balaban J connectivity index is 1.79. The van der Waals surface area contributed by atoms with Crippen molar-refractivity contribution in [3.63, 3.8) is 0 Å². The average molecular weight is 445 g/mol. The Hall–Kier alpha value is -1.22.